The van der Waals surface area contributed by atoms with Crippen molar-refractivity contribution in [1.82, 2.24) is 0 Å². The van der Waals surface area contributed by atoms with Crippen molar-refractivity contribution < 1.29 is 15.3 Å². The molecule has 0 aliphatic heterocycles. The molecule has 3 nitrogen and oxygen atoms in total. The second-order valence-corrected chi connectivity index (χ2v) is 3.99. The lowest BCUT2D eigenvalue weighted by molar-refractivity contribution is 0.366. The van der Waals surface area contributed by atoms with E-state index in [0.29, 0.717) is 17.5 Å². The first-order chi connectivity index (χ1) is 8.65. The zero-order valence-corrected chi connectivity index (χ0v) is 9.80. The number of hydrogen-bond donors (Lipinski definition) is 3. The Morgan fingerprint density at radius 3 is 2.22 bits per heavy atom. The molecule has 0 atom stereocenters. The van der Waals surface area contributed by atoms with Gasteiger partial charge < -0.3 is 15.3 Å². The third kappa shape index (κ3) is 2.02. The van der Waals surface area contributed by atoms with Crippen molar-refractivity contribution in [1.29, 1.82) is 0 Å². The third-order valence-electron chi connectivity index (χ3n) is 2.78. The van der Waals surface area contributed by atoms with Gasteiger partial charge in [0, 0.05) is 11.1 Å². The van der Waals surface area contributed by atoms with Crippen LogP contribution in [0.4, 0.5) is 0 Å². The van der Waals surface area contributed by atoms with E-state index in [9.17, 15) is 15.3 Å². The highest BCUT2D eigenvalue weighted by Crippen LogP contribution is 2.44. The van der Waals surface area contributed by atoms with Crippen LogP contribution in [0.5, 0.6) is 17.2 Å². The van der Waals surface area contributed by atoms with Crippen LogP contribution in [0, 0.1) is 0 Å². The van der Waals surface area contributed by atoms with Crippen LogP contribution < -0.4 is 0 Å². The first kappa shape index (κ1) is 12.0. The smallest absolute Gasteiger partial charge is 0.201 e. The molecule has 0 aliphatic rings. The Morgan fingerprint density at radius 2 is 1.61 bits per heavy atom. The number of allylic oxidation sites excluding steroid dienone is 1. The molecule has 0 unspecified atom stereocenters. The normalized spacial score (nSPS) is 10.2. The van der Waals surface area contributed by atoms with Crippen molar-refractivity contribution in [3.05, 3.63) is 54.6 Å². The van der Waals surface area contributed by atoms with Gasteiger partial charge in [-0.2, -0.15) is 0 Å². The van der Waals surface area contributed by atoms with Gasteiger partial charge in [-0.1, -0.05) is 36.4 Å². The predicted molar refractivity (Wildman–Crippen MR) is 70.8 cm³/mol. The molecular weight excluding hydrogens is 228 g/mol. The lowest BCUT2D eigenvalue weighted by Gasteiger charge is -2.11. The topological polar surface area (TPSA) is 60.7 Å². The van der Waals surface area contributed by atoms with Gasteiger partial charge in [-0.05, 0) is 18.1 Å². The Morgan fingerprint density at radius 1 is 0.944 bits per heavy atom. The fraction of sp³-hybridized carbons (Fsp3) is 0.0667. The number of aromatic hydroxyl groups is 3. The van der Waals surface area contributed by atoms with Gasteiger partial charge in [0.25, 0.3) is 0 Å². The number of phenolic OH excluding ortho intramolecular Hbond substituents is 3. The maximum atomic E-state index is 9.89. The number of phenols is 3. The second kappa shape index (κ2) is 4.84. The van der Waals surface area contributed by atoms with Crippen molar-refractivity contribution in [3.63, 3.8) is 0 Å². The fourth-order valence-electron chi connectivity index (χ4n) is 1.85. The van der Waals surface area contributed by atoms with Gasteiger partial charge in [-0.25, -0.2) is 0 Å². The van der Waals surface area contributed by atoms with Crippen LogP contribution in [0.3, 0.4) is 0 Å². The summed E-state index contributed by atoms with van der Waals surface area (Å²) in [5, 5.41) is 29.3. The number of rotatable bonds is 3. The highest BCUT2D eigenvalue weighted by Gasteiger charge is 2.16. The van der Waals surface area contributed by atoms with Gasteiger partial charge in [-0.3, -0.25) is 0 Å². The van der Waals surface area contributed by atoms with E-state index in [1.807, 2.05) is 30.3 Å². The lowest BCUT2D eigenvalue weighted by Crippen LogP contribution is -1.88. The Hall–Kier alpha value is -2.42. The summed E-state index contributed by atoms with van der Waals surface area (Å²) in [6.07, 6.45) is 2.04. The number of hydrogen-bond acceptors (Lipinski definition) is 3. The van der Waals surface area contributed by atoms with E-state index in [1.165, 1.54) is 0 Å². The molecule has 0 spiro atoms. The van der Waals surface area contributed by atoms with Gasteiger partial charge in [-0.15, -0.1) is 6.58 Å². The molecule has 3 N–H and O–H groups in total. The van der Waals surface area contributed by atoms with Gasteiger partial charge in [0.15, 0.2) is 11.5 Å². The van der Waals surface area contributed by atoms with Crippen LogP contribution >= 0.6 is 0 Å². The van der Waals surface area contributed by atoms with E-state index in [2.05, 4.69) is 6.58 Å². The summed E-state index contributed by atoms with van der Waals surface area (Å²) in [6, 6.07) is 10.8. The van der Waals surface area contributed by atoms with Crippen molar-refractivity contribution >= 4 is 0 Å². The Labute approximate surface area is 105 Å². The van der Waals surface area contributed by atoms with Crippen molar-refractivity contribution in [2.75, 3.05) is 0 Å². The van der Waals surface area contributed by atoms with E-state index < -0.39 is 5.75 Å². The van der Waals surface area contributed by atoms with Crippen molar-refractivity contribution in [3.8, 4) is 28.4 Å². The van der Waals surface area contributed by atoms with E-state index in [1.54, 1.807) is 12.1 Å². The molecule has 92 valence electrons. The molecule has 0 radical (unpaired) electrons. The molecule has 0 amide bonds. The zero-order valence-electron chi connectivity index (χ0n) is 9.80. The molecule has 3 heteroatoms. The van der Waals surface area contributed by atoms with E-state index in [-0.39, 0.29) is 11.5 Å². The molecule has 0 aromatic heterocycles. The van der Waals surface area contributed by atoms with Crippen LogP contribution in [0.1, 0.15) is 5.56 Å². The molecule has 0 saturated carbocycles. The predicted octanol–water partition coefficient (Wildman–Crippen LogP) is 3.20. The average Bonchev–Trinajstić information content (AvgIpc) is 2.40. The summed E-state index contributed by atoms with van der Waals surface area (Å²) in [5.41, 5.74) is 1.79. The van der Waals surface area contributed by atoms with E-state index in [0.717, 1.165) is 5.56 Å². The van der Waals surface area contributed by atoms with Gasteiger partial charge in [0.05, 0.1) is 0 Å². The second-order valence-electron chi connectivity index (χ2n) is 3.99. The van der Waals surface area contributed by atoms with Crippen molar-refractivity contribution in [2.45, 2.75) is 6.42 Å². The Balaban J connectivity index is 2.64. The summed E-state index contributed by atoms with van der Waals surface area (Å²) in [6.45, 7) is 3.60. The Kier molecular flexibility index (Phi) is 3.24. The quantitative estimate of drug-likeness (QED) is 0.572. The molecule has 0 fully saturated rings. The van der Waals surface area contributed by atoms with Gasteiger partial charge >= 0.3 is 0 Å². The minimum atomic E-state index is -0.492. The molecule has 18 heavy (non-hydrogen) atoms. The minimum absolute atomic E-state index is 0.299. The lowest BCUT2D eigenvalue weighted by atomic mass is 9.99. The highest BCUT2D eigenvalue weighted by molar-refractivity contribution is 5.77. The average molecular weight is 242 g/mol. The first-order valence-electron chi connectivity index (χ1n) is 5.58. The van der Waals surface area contributed by atoms with Crippen LogP contribution in [0.2, 0.25) is 0 Å². The van der Waals surface area contributed by atoms with Gasteiger partial charge in [0.2, 0.25) is 5.75 Å². The standard InChI is InChI=1S/C15H14O3/c1-2-6-11-9-12(10-7-4-3-5-8-10)14(17)15(18)13(11)16/h2-5,7-9,16-18H,1,6H2. The molecule has 0 heterocycles. The highest BCUT2D eigenvalue weighted by atomic mass is 16.3. The SMILES string of the molecule is C=CCc1cc(-c2ccccc2)c(O)c(O)c1O. The van der Waals surface area contributed by atoms with Crippen LogP contribution in [0.25, 0.3) is 11.1 Å². The third-order valence-corrected chi connectivity index (χ3v) is 2.78. The summed E-state index contributed by atoms with van der Waals surface area (Å²) < 4.78 is 0. The summed E-state index contributed by atoms with van der Waals surface area (Å²) >= 11 is 0. The monoisotopic (exact) mass is 242 g/mol. The molecule has 2 rings (SSSR count). The molecule has 0 aliphatic carbocycles. The molecular formula is C15H14O3. The first-order valence-corrected chi connectivity index (χ1v) is 5.58. The molecule has 0 saturated heterocycles. The van der Waals surface area contributed by atoms with Crippen LogP contribution in [-0.2, 0) is 6.42 Å². The maximum absolute atomic E-state index is 9.89. The van der Waals surface area contributed by atoms with Crippen LogP contribution in [-0.4, -0.2) is 15.3 Å². The zero-order chi connectivity index (χ0) is 13.1. The largest absolute Gasteiger partial charge is 0.504 e. The molecule has 2 aromatic rings. The number of benzene rings is 2. The fourth-order valence-corrected chi connectivity index (χ4v) is 1.85. The summed E-state index contributed by atoms with van der Waals surface area (Å²) in [7, 11) is 0. The minimum Gasteiger partial charge on any atom is -0.504 e. The Bertz CT molecular complexity index is 574. The van der Waals surface area contributed by atoms with Crippen LogP contribution in [0.15, 0.2) is 49.1 Å². The molecule has 2 aromatic carbocycles. The van der Waals surface area contributed by atoms with E-state index >= 15 is 0 Å². The van der Waals surface area contributed by atoms with E-state index in [4.69, 9.17) is 0 Å². The van der Waals surface area contributed by atoms with Gasteiger partial charge in [0.1, 0.15) is 0 Å². The summed E-state index contributed by atoms with van der Waals surface area (Å²) in [5.74, 6) is -1.10. The summed E-state index contributed by atoms with van der Waals surface area (Å²) in [4.78, 5) is 0. The maximum Gasteiger partial charge on any atom is 0.201 e. The molecule has 0 bridgehead atoms. The van der Waals surface area contributed by atoms with Crippen molar-refractivity contribution in [2.24, 2.45) is 0 Å².